The number of carbonyl (C=O) groups excluding carboxylic acids is 1. The predicted molar refractivity (Wildman–Crippen MR) is 55.5 cm³/mol. The first-order valence-electron chi connectivity index (χ1n) is 3.89. The van der Waals surface area contributed by atoms with Gasteiger partial charge in [-0.05, 0) is 20.8 Å². The molecule has 0 spiro atoms. The number of alkyl halides is 1. The van der Waals surface area contributed by atoms with Crippen LogP contribution in [0.3, 0.4) is 0 Å². The van der Waals surface area contributed by atoms with E-state index in [1.165, 1.54) is 11.3 Å². The number of aryl methyl sites for hydroxylation is 2. The van der Waals surface area contributed by atoms with E-state index in [1.807, 2.05) is 13.8 Å². The Morgan fingerprint density at radius 2 is 2.23 bits per heavy atom. The number of nitrogens with one attached hydrogen (secondary N) is 1. The highest BCUT2D eigenvalue weighted by Crippen LogP contribution is 2.21. The molecular formula is C8H11ClN2OS. The lowest BCUT2D eigenvalue weighted by molar-refractivity contribution is -0.115. The molecule has 1 N–H and O–H groups in total. The van der Waals surface area contributed by atoms with Crippen LogP contribution >= 0.6 is 22.9 Å². The first kappa shape index (κ1) is 10.5. The van der Waals surface area contributed by atoms with Crippen LogP contribution < -0.4 is 5.32 Å². The minimum Gasteiger partial charge on any atom is -0.301 e. The average Bonchev–Trinajstić information content (AvgIpc) is 2.31. The third-order valence-electron chi connectivity index (χ3n) is 1.62. The molecule has 1 aromatic heterocycles. The molecule has 13 heavy (non-hydrogen) atoms. The fourth-order valence-corrected chi connectivity index (χ4v) is 1.60. The number of anilines is 1. The van der Waals surface area contributed by atoms with Gasteiger partial charge in [0.2, 0.25) is 5.91 Å². The van der Waals surface area contributed by atoms with Crippen LogP contribution in [-0.2, 0) is 4.79 Å². The van der Waals surface area contributed by atoms with Gasteiger partial charge >= 0.3 is 0 Å². The second-order valence-corrected chi connectivity index (χ2v) is 4.62. The topological polar surface area (TPSA) is 42.0 Å². The molecule has 3 nitrogen and oxygen atoms in total. The molecule has 0 aliphatic rings. The van der Waals surface area contributed by atoms with E-state index in [-0.39, 0.29) is 5.91 Å². The number of aromatic nitrogens is 1. The fourth-order valence-electron chi connectivity index (χ4n) is 0.731. The maximum Gasteiger partial charge on any atom is 0.243 e. The number of carbonyl (C=O) groups is 1. The molecule has 0 unspecified atom stereocenters. The highest BCUT2D eigenvalue weighted by molar-refractivity contribution is 7.15. The Kier molecular flexibility index (Phi) is 3.27. The van der Waals surface area contributed by atoms with Gasteiger partial charge in [-0.25, -0.2) is 4.98 Å². The molecule has 0 aromatic carbocycles. The van der Waals surface area contributed by atoms with Crippen molar-refractivity contribution in [2.45, 2.75) is 26.1 Å². The Morgan fingerprint density at radius 1 is 1.62 bits per heavy atom. The van der Waals surface area contributed by atoms with E-state index in [9.17, 15) is 4.79 Å². The average molecular weight is 219 g/mol. The second kappa shape index (κ2) is 4.07. The monoisotopic (exact) mass is 218 g/mol. The summed E-state index contributed by atoms with van der Waals surface area (Å²) in [5.41, 5.74) is 0.947. The van der Waals surface area contributed by atoms with Crippen LogP contribution in [0.25, 0.3) is 0 Å². The molecular weight excluding hydrogens is 208 g/mol. The lowest BCUT2D eigenvalue weighted by Gasteiger charge is -2.01. The van der Waals surface area contributed by atoms with Crippen molar-refractivity contribution in [3.05, 3.63) is 10.6 Å². The summed E-state index contributed by atoms with van der Waals surface area (Å²) in [6.07, 6.45) is 0. The maximum atomic E-state index is 11.2. The minimum absolute atomic E-state index is 0.213. The Balaban J connectivity index is 2.70. The summed E-state index contributed by atoms with van der Waals surface area (Å²) in [4.78, 5) is 16.4. The molecule has 0 saturated carbocycles. The SMILES string of the molecule is Cc1nc(NC(=O)[C@H](C)Cl)sc1C. The van der Waals surface area contributed by atoms with Crippen molar-refractivity contribution in [1.29, 1.82) is 0 Å². The van der Waals surface area contributed by atoms with Gasteiger partial charge < -0.3 is 5.32 Å². The van der Waals surface area contributed by atoms with E-state index in [0.29, 0.717) is 5.13 Å². The third-order valence-corrected chi connectivity index (χ3v) is 2.81. The van der Waals surface area contributed by atoms with Crippen molar-refractivity contribution in [2.24, 2.45) is 0 Å². The van der Waals surface area contributed by atoms with Gasteiger partial charge in [0, 0.05) is 4.88 Å². The highest BCUT2D eigenvalue weighted by Gasteiger charge is 2.11. The minimum atomic E-state index is -0.524. The predicted octanol–water partition coefficient (Wildman–Crippen LogP) is 2.33. The van der Waals surface area contributed by atoms with Gasteiger partial charge in [0.1, 0.15) is 5.38 Å². The summed E-state index contributed by atoms with van der Waals surface area (Å²) in [6.45, 7) is 5.50. The quantitative estimate of drug-likeness (QED) is 0.775. The number of rotatable bonds is 2. The van der Waals surface area contributed by atoms with Gasteiger partial charge in [-0.15, -0.1) is 22.9 Å². The van der Waals surface area contributed by atoms with Crippen LogP contribution in [0, 0.1) is 13.8 Å². The normalized spacial score (nSPS) is 12.6. The summed E-state index contributed by atoms with van der Waals surface area (Å²) in [6, 6.07) is 0. The number of hydrogen-bond acceptors (Lipinski definition) is 3. The van der Waals surface area contributed by atoms with Crippen molar-refractivity contribution in [3.63, 3.8) is 0 Å². The van der Waals surface area contributed by atoms with E-state index >= 15 is 0 Å². The molecule has 72 valence electrons. The Hall–Kier alpha value is -0.610. The molecule has 1 atom stereocenters. The molecule has 1 rings (SSSR count). The fraction of sp³-hybridized carbons (Fsp3) is 0.500. The Morgan fingerprint density at radius 3 is 2.62 bits per heavy atom. The molecule has 1 aromatic rings. The maximum absolute atomic E-state index is 11.2. The molecule has 0 aliphatic heterocycles. The number of hydrogen-bond donors (Lipinski definition) is 1. The van der Waals surface area contributed by atoms with Gasteiger partial charge in [-0.2, -0.15) is 0 Å². The first-order chi connectivity index (χ1) is 6.00. The zero-order valence-corrected chi connectivity index (χ0v) is 9.29. The summed E-state index contributed by atoms with van der Waals surface area (Å²) < 4.78 is 0. The molecule has 1 amide bonds. The van der Waals surface area contributed by atoms with E-state index in [0.717, 1.165) is 10.6 Å². The van der Waals surface area contributed by atoms with Crippen LogP contribution in [0.1, 0.15) is 17.5 Å². The van der Waals surface area contributed by atoms with Crippen molar-refractivity contribution >= 4 is 34.0 Å². The van der Waals surface area contributed by atoms with Gasteiger partial charge in [0.15, 0.2) is 5.13 Å². The largest absolute Gasteiger partial charge is 0.301 e. The number of thiazole rings is 1. The van der Waals surface area contributed by atoms with E-state index in [4.69, 9.17) is 11.6 Å². The van der Waals surface area contributed by atoms with E-state index < -0.39 is 5.38 Å². The Bertz CT molecular complexity index is 302. The molecule has 0 bridgehead atoms. The Labute approximate surface area is 86.1 Å². The molecule has 0 radical (unpaired) electrons. The number of nitrogens with zero attached hydrogens (tertiary/aromatic N) is 1. The molecule has 5 heteroatoms. The summed E-state index contributed by atoms with van der Waals surface area (Å²) >= 11 is 7.05. The van der Waals surface area contributed by atoms with Gasteiger partial charge in [-0.1, -0.05) is 0 Å². The molecule has 0 fully saturated rings. The van der Waals surface area contributed by atoms with Crippen LogP contribution in [0.4, 0.5) is 5.13 Å². The van der Waals surface area contributed by atoms with Crippen LogP contribution in [0.15, 0.2) is 0 Å². The number of amides is 1. The van der Waals surface area contributed by atoms with E-state index in [2.05, 4.69) is 10.3 Å². The van der Waals surface area contributed by atoms with Crippen molar-refractivity contribution in [2.75, 3.05) is 5.32 Å². The standard InChI is InChI=1S/C8H11ClN2OS/c1-4(9)7(12)11-8-10-5(2)6(3)13-8/h4H,1-3H3,(H,10,11,12)/t4-/m0/s1. The second-order valence-electron chi connectivity index (χ2n) is 2.77. The van der Waals surface area contributed by atoms with Gasteiger partial charge in [0.05, 0.1) is 5.69 Å². The lowest BCUT2D eigenvalue weighted by Crippen LogP contribution is -2.20. The van der Waals surface area contributed by atoms with Crippen LogP contribution in [0.2, 0.25) is 0 Å². The van der Waals surface area contributed by atoms with Gasteiger partial charge in [0.25, 0.3) is 0 Å². The van der Waals surface area contributed by atoms with E-state index in [1.54, 1.807) is 6.92 Å². The molecule has 0 aliphatic carbocycles. The summed E-state index contributed by atoms with van der Waals surface area (Å²) in [5.74, 6) is -0.213. The zero-order chi connectivity index (χ0) is 10.0. The summed E-state index contributed by atoms with van der Waals surface area (Å²) in [7, 11) is 0. The zero-order valence-electron chi connectivity index (χ0n) is 7.72. The van der Waals surface area contributed by atoms with Crippen LogP contribution in [0.5, 0.6) is 0 Å². The highest BCUT2D eigenvalue weighted by atomic mass is 35.5. The van der Waals surface area contributed by atoms with Crippen LogP contribution in [-0.4, -0.2) is 16.3 Å². The summed E-state index contributed by atoms with van der Waals surface area (Å²) in [5, 5.41) is 2.73. The number of halogens is 1. The van der Waals surface area contributed by atoms with Gasteiger partial charge in [-0.3, -0.25) is 4.79 Å². The lowest BCUT2D eigenvalue weighted by atomic mass is 10.4. The van der Waals surface area contributed by atoms with Crippen molar-refractivity contribution in [3.8, 4) is 0 Å². The molecule has 1 heterocycles. The first-order valence-corrected chi connectivity index (χ1v) is 5.15. The third kappa shape index (κ3) is 2.67. The molecule has 0 saturated heterocycles. The van der Waals surface area contributed by atoms with Crippen molar-refractivity contribution < 1.29 is 4.79 Å². The smallest absolute Gasteiger partial charge is 0.243 e. The van der Waals surface area contributed by atoms with Crippen molar-refractivity contribution in [1.82, 2.24) is 4.98 Å².